The largest absolute Gasteiger partial charge is 0.459 e. The van der Waals surface area contributed by atoms with E-state index in [4.69, 9.17) is 18.9 Å². The van der Waals surface area contributed by atoms with Crippen molar-refractivity contribution in [2.24, 2.45) is 23.7 Å². The van der Waals surface area contributed by atoms with Crippen LogP contribution in [0.1, 0.15) is 135 Å². The lowest BCUT2D eigenvalue weighted by molar-refractivity contribution is -0.168. The van der Waals surface area contributed by atoms with Gasteiger partial charge in [0.1, 0.15) is 12.2 Å². The Labute approximate surface area is 239 Å². The Morgan fingerprint density at radius 2 is 1.15 bits per heavy atom. The Morgan fingerprint density at radius 1 is 0.625 bits per heavy atom. The SMILES string of the molecule is O=C(OC1CCC2CCCCC2C1)c1cc(COC2CCCCO2)cc(C(=O)OC2CCC3CCCCC3C2)c1. The summed E-state index contributed by atoms with van der Waals surface area (Å²) in [4.78, 5) is 26.8. The molecular formula is C34H48O6. The number of hydrogen-bond acceptors (Lipinski definition) is 6. The molecule has 1 aliphatic heterocycles. The molecule has 1 aromatic carbocycles. The number of hydrogen-bond donors (Lipinski definition) is 0. The molecule has 1 saturated heterocycles. The second-order valence-corrected chi connectivity index (χ2v) is 13.3. The fourth-order valence-corrected chi connectivity index (χ4v) is 8.36. The standard InChI is InChI=1S/C34H48O6/c35-33(39-30-14-12-24-7-1-3-9-26(24)20-30)28-17-23(22-38-32-11-5-6-16-37-32)18-29(19-28)34(36)40-31-15-13-25-8-2-4-10-27(25)21-31/h17-19,24-27,30-32H,1-16,20-22H2. The molecule has 1 heterocycles. The van der Waals surface area contributed by atoms with Crippen LogP contribution in [-0.2, 0) is 25.6 Å². The maximum atomic E-state index is 13.4. The van der Waals surface area contributed by atoms with Crippen LogP contribution < -0.4 is 0 Å². The molecule has 7 unspecified atom stereocenters. The summed E-state index contributed by atoms with van der Waals surface area (Å²) in [5, 5.41) is 0. The highest BCUT2D eigenvalue weighted by Crippen LogP contribution is 2.42. The lowest BCUT2D eigenvalue weighted by Gasteiger charge is -2.39. The molecule has 6 nitrogen and oxygen atoms in total. The first-order valence-corrected chi connectivity index (χ1v) is 16.4. The van der Waals surface area contributed by atoms with Crippen molar-refractivity contribution < 1.29 is 28.5 Å². The van der Waals surface area contributed by atoms with E-state index in [-0.39, 0.29) is 37.0 Å². The fraction of sp³-hybridized carbons (Fsp3) is 0.765. The maximum Gasteiger partial charge on any atom is 0.338 e. The number of carbonyl (C=O) groups excluding carboxylic acids is 2. The van der Waals surface area contributed by atoms with Gasteiger partial charge in [-0.2, -0.15) is 0 Å². The second-order valence-electron chi connectivity index (χ2n) is 13.3. The number of esters is 2. The van der Waals surface area contributed by atoms with Gasteiger partial charge in [-0.3, -0.25) is 0 Å². The van der Waals surface area contributed by atoms with Crippen molar-refractivity contribution in [3.63, 3.8) is 0 Å². The van der Waals surface area contributed by atoms with Gasteiger partial charge in [0.15, 0.2) is 6.29 Å². The van der Waals surface area contributed by atoms with Crippen molar-refractivity contribution in [1.29, 1.82) is 0 Å². The van der Waals surface area contributed by atoms with E-state index in [1.54, 1.807) is 6.07 Å². The van der Waals surface area contributed by atoms with Gasteiger partial charge in [-0.1, -0.05) is 51.4 Å². The Balaban J connectivity index is 1.13. The molecule has 6 heteroatoms. The highest BCUT2D eigenvalue weighted by atomic mass is 16.7. The zero-order chi connectivity index (χ0) is 27.3. The van der Waals surface area contributed by atoms with Crippen LogP contribution in [-0.4, -0.2) is 37.0 Å². The van der Waals surface area contributed by atoms with Crippen molar-refractivity contribution in [2.75, 3.05) is 6.61 Å². The monoisotopic (exact) mass is 552 g/mol. The van der Waals surface area contributed by atoms with Crippen molar-refractivity contribution in [3.05, 3.63) is 34.9 Å². The Bertz CT molecular complexity index is 949. The summed E-state index contributed by atoms with van der Waals surface area (Å²) in [6.07, 6.45) is 19.2. The predicted molar refractivity (Wildman–Crippen MR) is 152 cm³/mol. The van der Waals surface area contributed by atoms with Crippen molar-refractivity contribution in [3.8, 4) is 0 Å². The first-order valence-electron chi connectivity index (χ1n) is 16.4. The van der Waals surface area contributed by atoms with Crippen LogP contribution in [0.4, 0.5) is 0 Å². The number of carbonyl (C=O) groups is 2. The molecule has 4 aliphatic carbocycles. The van der Waals surface area contributed by atoms with Crippen LogP contribution in [0.25, 0.3) is 0 Å². The van der Waals surface area contributed by atoms with E-state index in [0.29, 0.717) is 29.6 Å². The van der Waals surface area contributed by atoms with Crippen molar-refractivity contribution >= 4 is 11.9 Å². The molecule has 4 saturated carbocycles. The number of ether oxygens (including phenoxy) is 4. The minimum Gasteiger partial charge on any atom is -0.459 e. The lowest BCUT2D eigenvalue weighted by Crippen LogP contribution is -2.33. The molecule has 5 aliphatic rings. The molecule has 0 spiro atoms. The Hall–Kier alpha value is -1.92. The smallest absolute Gasteiger partial charge is 0.338 e. The first kappa shape index (κ1) is 28.2. The maximum absolute atomic E-state index is 13.4. The van der Waals surface area contributed by atoms with Gasteiger partial charge in [0.25, 0.3) is 0 Å². The first-order chi connectivity index (χ1) is 19.6. The van der Waals surface area contributed by atoms with E-state index in [1.165, 1.54) is 51.4 Å². The van der Waals surface area contributed by atoms with E-state index in [1.807, 2.05) is 12.1 Å². The Kier molecular flexibility index (Phi) is 9.43. The van der Waals surface area contributed by atoms with E-state index < -0.39 is 0 Å². The van der Waals surface area contributed by atoms with E-state index >= 15 is 0 Å². The molecule has 5 fully saturated rings. The zero-order valence-corrected chi connectivity index (χ0v) is 24.2. The predicted octanol–water partition coefficient (Wildman–Crippen LogP) is 7.76. The third kappa shape index (κ3) is 7.10. The molecule has 40 heavy (non-hydrogen) atoms. The second kappa shape index (κ2) is 13.4. The Morgan fingerprint density at radius 3 is 1.68 bits per heavy atom. The fourth-order valence-electron chi connectivity index (χ4n) is 8.36. The summed E-state index contributed by atoms with van der Waals surface area (Å²) in [5.41, 5.74) is 1.61. The van der Waals surface area contributed by atoms with Gasteiger partial charge in [-0.05, 0) is 105 Å². The summed E-state index contributed by atoms with van der Waals surface area (Å²) in [6, 6.07) is 5.31. The molecule has 0 radical (unpaired) electrons. The van der Waals surface area contributed by atoms with Gasteiger partial charge >= 0.3 is 11.9 Å². The van der Waals surface area contributed by atoms with E-state index in [9.17, 15) is 9.59 Å². The molecular weight excluding hydrogens is 504 g/mol. The quantitative estimate of drug-likeness (QED) is 0.322. The molecule has 0 bridgehead atoms. The van der Waals surface area contributed by atoms with Crippen LogP contribution in [0.5, 0.6) is 0 Å². The molecule has 0 N–H and O–H groups in total. The molecule has 1 aromatic rings. The average molecular weight is 553 g/mol. The molecule has 220 valence electrons. The summed E-state index contributed by atoms with van der Waals surface area (Å²) in [6.45, 7) is 0.994. The van der Waals surface area contributed by atoms with Gasteiger partial charge in [0.2, 0.25) is 0 Å². The number of rotatable bonds is 7. The van der Waals surface area contributed by atoms with Crippen molar-refractivity contribution in [1.82, 2.24) is 0 Å². The van der Waals surface area contributed by atoms with Crippen LogP contribution in [0, 0.1) is 23.7 Å². The van der Waals surface area contributed by atoms with Crippen LogP contribution >= 0.6 is 0 Å². The van der Waals surface area contributed by atoms with Crippen LogP contribution in [0.3, 0.4) is 0 Å². The number of benzene rings is 1. The number of fused-ring (bicyclic) bond motifs is 2. The molecule has 0 aromatic heterocycles. The minimum atomic E-state index is -0.341. The van der Waals surface area contributed by atoms with Crippen molar-refractivity contribution in [2.45, 2.75) is 134 Å². The normalized spacial score (nSPS) is 34.2. The van der Waals surface area contributed by atoms with Gasteiger partial charge in [0.05, 0.1) is 17.7 Å². The molecule has 7 atom stereocenters. The van der Waals surface area contributed by atoms with Gasteiger partial charge < -0.3 is 18.9 Å². The van der Waals surface area contributed by atoms with E-state index in [2.05, 4.69) is 0 Å². The summed E-state index contributed by atoms with van der Waals surface area (Å²) < 4.78 is 23.9. The average Bonchev–Trinajstić information content (AvgIpc) is 3.00. The van der Waals surface area contributed by atoms with Crippen LogP contribution in [0.15, 0.2) is 18.2 Å². The third-order valence-corrected chi connectivity index (χ3v) is 10.6. The van der Waals surface area contributed by atoms with Gasteiger partial charge in [-0.15, -0.1) is 0 Å². The summed E-state index contributed by atoms with van der Waals surface area (Å²) in [5.74, 6) is 2.28. The highest BCUT2D eigenvalue weighted by Gasteiger charge is 2.35. The minimum absolute atomic E-state index is 0.0384. The lowest BCUT2D eigenvalue weighted by atomic mass is 9.70. The summed E-state index contributed by atoms with van der Waals surface area (Å²) in [7, 11) is 0. The van der Waals surface area contributed by atoms with Gasteiger partial charge in [0, 0.05) is 6.61 Å². The molecule has 0 amide bonds. The van der Waals surface area contributed by atoms with E-state index in [0.717, 1.165) is 75.2 Å². The highest BCUT2D eigenvalue weighted by molar-refractivity contribution is 5.95. The summed E-state index contributed by atoms with van der Waals surface area (Å²) >= 11 is 0. The third-order valence-electron chi connectivity index (χ3n) is 10.6. The molecule has 6 rings (SSSR count). The zero-order valence-electron chi connectivity index (χ0n) is 24.2. The van der Waals surface area contributed by atoms with Crippen LogP contribution in [0.2, 0.25) is 0 Å². The van der Waals surface area contributed by atoms with Gasteiger partial charge in [-0.25, -0.2) is 9.59 Å². The topological polar surface area (TPSA) is 71.1 Å².